The Morgan fingerprint density at radius 3 is 2.93 bits per heavy atom. The number of aliphatic hydroxyl groups is 1. The van der Waals surface area contributed by atoms with E-state index < -0.39 is 11.4 Å². The molecule has 0 aromatic carbocycles. The zero-order valence-corrected chi connectivity index (χ0v) is 16.3. The second kappa shape index (κ2) is 7.10. The Kier molecular flexibility index (Phi) is 4.76. The van der Waals surface area contributed by atoms with Crippen LogP contribution in [0.4, 0.5) is 10.2 Å². The second-order valence-electron chi connectivity index (χ2n) is 7.81. The van der Waals surface area contributed by atoms with E-state index >= 15 is 0 Å². The van der Waals surface area contributed by atoms with E-state index in [2.05, 4.69) is 30.4 Å². The Balaban J connectivity index is 1.67. The molecule has 0 spiro atoms. The smallest absolute Gasteiger partial charge is 0.181 e. The number of hydrogen-bond donors (Lipinski definition) is 3. The molecule has 8 heteroatoms. The lowest BCUT2D eigenvalue weighted by atomic mass is 9.84. The third-order valence-corrected chi connectivity index (χ3v) is 5.77. The molecule has 3 N–H and O–H groups in total. The number of anilines is 1. The molecule has 148 valence electrons. The molecule has 4 heterocycles. The van der Waals surface area contributed by atoms with Gasteiger partial charge in [0.25, 0.3) is 0 Å². The van der Waals surface area contributed by atoms with Gasteiger partial charge in [-0.05, 0) is 37.1 Å². The van der Waals surface area contributed by atoms with Crippen molar-refractivity contribution in [3.63, 3.8) is 0 Å². The zero-order chi connectivity index (χ0) is 19.9. The molecule has 3 aromatic heterocycles. The zero-order valence-electron chi connectivity index (χ0n) is 16.3. The van der Waals surface area contributed by atoms with Crippen molar-refractivity contribution in [1.29, 1.82) is 0 Å². The van der Waals surface area contributed by atoms with Crippen molar-refractivity contribution in [2.45, 2.75) is 32.4 Å². The average molecular weight is 384 g/mol. The highest BCUT2D eigenvalue weighted by atomic mass is 19.1. The van der Waals surface area contributed by atoms with Crippen LogP contribution in [0.25, 0.3) is 22.4 Å². The van der Waals surface area contributed by atoms with Crippen LogP contribution in [0.1, 0.15) is 20.8 Å². The van der Waals surface area contributed by atoms with E-state index in [0.717, 1.165) is 18.5 Å². The van der Waals surface area contributed by atoms with Crippen LogP contribution in [0, 0.1) is 11.7 Å². The Bertz CT molecular complexity index is 986. The Hall–Kier alpha value is -2.58. The molecule has 1 aliphatic rings. The summed E-state index contributed by atoms with van der Waals surface area (Å²) in [5, 5.41) is 22.0. The fourth-order valence-corrected chi connectivity index (χ4v) is 3.57. The van der Waals surface area contributed by atoms with Gasteiger partial charge in [0.1, 0.15) is 11.5 Å². The summed E-state index contributed by atoms with van der Waals surface area (Å²) in [7, 11) is 0. The van der Waals surface area contributed by atoms with Crippen molar-refractivity contribution in [2.75, 3.05) is 24.5 Å². The van der Waals surface area contributed by atoms with E-state index in [9.17, 15) is 9.50 Å². The maximum atomic E-state index is 14.6. The molecule has 7 nitrogen and oxygen atoms in total. The Morgan fingerprint density at radius 1 is 1.32 bits per heavy atom. The molecule has 0 saturated carbocycles. The number of piperazine rings is 1. The minimum Gasteiger partial charge on any atom is -0.388 e. The van der Waals surface area contributed by atoms with E-state index in [1.165, 1.54) is 6.07 Å². The number of aromatic amines is 1. The fourth-order valence-electron chi connectivity index (χ4n) is 3.57. The molecule has 28 heavy (non-hydrogen) atoms. The van der Waals surface area contributed by atoms with Gasteiger partial charge in [0.05, 0.1) is 17.3 Å². The van der Waals surface area contributed by atoms with Crippen molar-refractivity contribution in [3.05, 3.63) is 36.3 Å². The van der Waals surface area contributed by atoms with Gasteiger partial charge in [0.2, 0.25) is 0 Å². The number of H-pyrrole nitrogens is 1. The summed E-state index contributed by atoms with van der Waals surface area (Å²) in [6, 6.07) is 6.64. The maximum Gasteiger partial charge on any atom is 0.181 e. The predicted octanol–water partition coefficient (Wildman–Crippen LogP) is 2.34. The molecule has 0 unspecified atom stereocenters. The van der Waals surface area contributed by atoms with Gasteiger partial charge >= 0.3 is 0 Å². The lowest BCUT2D eigenvalue weighted by Gasteiger charge is -2.43. The molecule has 1 saturated heterocycles. The van der Waals surface area contributed by atoms with Gasteiger partial charge in [-0.1, -0.05) is 13.8 Å². The van der Waals surface area contributed by atoms with Gasteiger partial charge in [-0.25, -0.2) is 14.4 Å². The van der Waals surface area contributed by atoms with Crippen molar-refractivity contribution in [2.24, 2.45) is 5.92 Å². The Morgan fingerprint density at radius 2 is 2.14 bits per heavy atom. The van der Waals surface area contributed by atoms with Gasteiger partial charge < -0.3 is 15.3 Å². The van der Waals surface area contributed by atoms with E-state index in [0.29, 0.717) is 23.7 Å². The van der Waals surface area contributed by atoms with Crippen LogP contribution in [0.2, 0.25) is 0 Å². The lowest BCUT2D eigenvalue weighted by Crippen LogP contribution is -2.62. The van der Waals surface area contributed by atoms with E-state index in [1.807, 2.05) is 26.8 Å². The molecule has 3 aromatic rings. The van der Waals surface area contributed by atoms with E-state index in [1.54, 1.807) is 18.3 Å². The number of hydrogen-bond acceptors (Lipinski definition) is 6. The molecule has 0 radical (unpaired) electrons. The number of nitrogens with one attached hydrogen (secondary N) is 2. The summed E-state index contributed by atoms with van der Waals surface area (Å²) < 4.78 is 14.6. The second-order valence-corrected chi connectivity index (χ2v) is 7.81. The molecule has 2 atom stereocenters. The van der Waals surface area contributed by atoms with Crippen molar-refractivity contribution in [1.82, 2.24) is 25.5 Å². The first-order valence-electron chi connectivity index (χ1n) is 9.54. The summed E-state index contributed by atoms with van der Waals surface area (Å²) >= 11 is 0. The van der Waals surface area contributed by atoms with Gasteiger partial charge in [-0.3, -0.25) is 5.10 Å². The van der Waals surface area contributed by atoms with Crippen molar-refractivity contribution < 1.29 is 9.50 Å². The largest absolute Gasteiger partial charge is 0.388 e. The topological polar surface area (TPSA) is 90.0 Å². The van der Waals surface area contributed by atoms with E-state index in [4.69, 9.17) is 0 Å². The van der Waals surface area contributed by atoms with Crippen LogP contribution in [-0.2, 0) is 0 Å². The third-order valence-electron chi connectivity index (χ3n) is 5.77. The van der Waals surface area contributed by atoms with Crippen LogP contribution in [0.5, 0.6) is 0 Å². The molecule has 1 fully saturated rings. The van der Waals surface area contributed by atoms with Crippen molar-refractivity contribution in [3.8, 4) is 11.4 Å². The highest BCUT2D eigenvalue weighted by molar-refractivity contribution is 5.89. The van der Waals surface area contributed by atoms with E-state index in [-0.39, 0.29) is 17.7 Å². The first kappa shape index (κ1) is 18.8. The van der Waals surface area contributed by atoms with Gasteiger partial charge in [-0.2, -0.15) is 5.10 Å². The summed E-state index contributed by atoms with van der Waals surface area (Å²) in [5.41, 5.74) is 0.411. The van der Waals surface area contributed by atoms with Gasteiger partial charge in [0, 0.05) is 31.2 Å². The molecule has 0 bridgehead atoms. The standard InChI is InChI=1S/C20H25FN6O/c1-12(2)20(3,28)15-11-27(10-9-22-15)16-7-6-14(21)18(24-16)17-13-5-4-8-23-19(13)26-25-17/h4-8,12,15,22,28H,9-11H2,1-3H3,(H,23,25,26)/t15-,20-/m1/s1. The van der Waals surface area contributed by atoms with Crippen LogP contribution in [0.15, 0.2) is 30.5 Å². The first-order valence-corrected chi connectivity index (χ1v) is 9.54. The number of pyridine rings is 2. The Labute approximate surface area is 163 Å². The van der Waals surface area contributed by atoms with Crippen LogP contribution >= 0.6 is 0 Å². The first-order chi connectivity index (χ1) is 13.4. The fraction of sp³-hybridized carbons (Fsp3) is 0.450. The maximum absolute atomic E-state index is 14.6. The number of aromatic nitrogens is 4. The monoisotopic (exact) mass is 384 g/mol. The summed E-state index contributed by atoms with van der Waals surface area (Å²) in [6.07, 6.45) is 1.65. The van der Waals surface area contributed by atoms with Crippen LogP contribution < -0.4 is 10.2 Å². The minimum absolute atomic E-state index is 0.102. The molecule has 0 amide bonds. The molecule has 4 rings (SSSR count). The number of rotatable bonds is 4. The van der Waals surface area contributed by atoms with Gasteiger partial charge in [-0.15, -0.1) is 0 Å². The summed E-state index contributed by atoms with van der Waals surface area (Å²) in [5.74, 6) is 0.360. The van der Waals surface area contributed by atoms with Crippen LogP contribution in [-0.4, -0.2) is 56.5 Å². The number of nitrogens with zero attached hydrogens (tertiary/aromatic N) is 4. The normalized spacial score (nSPS) is 19.9. The number of halogens is 1. The summed E-state index contributed by atoms with van der Waals surface area (Å²) in [6.45, 7) is 7.91. The SMILES string of the molecule is CC(C)[C@@](C)(O)[C@H]1CN(c2ccc(F)c(-c3[nH]nc4ncccc34)n2)CCN1. The van der Waals surface area contributed by atoms with Crippen molar-refractivity contribution >= 4 is 16.9 Å². The lowest BCUT2D eigenvalue weighted by molar-refractivity contribution is -0.0231. The molecule has 1 aliphatic heterocycles. The molecule has 0 aliphatic carbocycles. The number of fused-ring (bicyclic) bond motifs is 1. The minimum atomic E-state index is -0.854. The summed E-state index contributed by atoms with van der Waals surface area (Å²) in [4.78, 5) is 10.9. The highest BCUT2D eigenvalue weighted by Gasteiger charge is 2.38. The van der Waals surface area contributed by atoms with Crippen LogP contribution in [0.3, 0.4) is 0 Å². The molecular formula is C20H25FN6O. The quantitative estimate of drug-likeness (QED) is 0.640. The highest BCUT2D eigenvalue weighted by Crippen LogP contribution is 2.29. The predicted molar refractivity (Wildman–Crippen MR) is 107 cm³/mol. The van der Waals surface area contributed by atoms with Gasteiger partial charge in [0.15, 0.2) is 11.5 Å². The average Bonchev–Trinajstić information content (AvgIpc) is 3.12. The molecular weight excluding hydrogens is 359 g/mol. The third kappa shape index (κ3) is 3.22.